The zero-order valence-electron chi connectivity index (χ0n) is 11.7. The second-order valence-electron chi connectivity index (χ2n) is 4.89. The van der Waals surface area contributed by atoms with Gasteiger partial charge in [0.05, 0.1) is 10.0 Å². The number of fused-ring (bicyclic) bond motifs is 1. The summed E-state index contributed by atoms with van der Waals surface area (Å²) in [6.45, 7) is 1.95. The molecule has 3 aromatic rings. The van der Waals surface area contributed by atoms with Crippen LogP contribution in [-0.4, -0.2) is 10.9 Å². The molecule has 5 heteroatoms. The highest BCUT2D eigenvalue weighted by Crippen LogP contribution is 2.32. The fraction of sp³-hybridized carbons (Fsp3) is 0.118. The first-order chi connectivity index (χ1) is 10.5. The maximum Gasteiger partial charge on any atom is 0.197 e. The Morgan fingerprint density at radius 1 is 1.18 bits per heavy atom. The van der Waals surface area contributed by atoms with E-state index in [9.17, 15) is 9.90 Å². The van der Waals surface area contributed by atoms with Crippen molar-refractivity contribution in [2.75, 3.05) is 0 Å². The highest BCUT2D eigenvalue weighted by Gasteiger charge is 2.21. The lowest BCUT2D eigenvalue weighted by atomic mass is 9.99. The van der Waals surface area contributed by atoms with Crippen LogP contribution in [0, 0.1) is 0 Å². The first-order valence-electron chi connectivity index (χ1n) is 6.75. The van der Waals surface area contributed by atoms with Gasteiger partial charge in [-0.05, 0) is 52.3 Å². The summed E-state index contributed by atoms with van der Waals surface area (Å²) >= 11 is 6.65. The number of halogens is 2. The number of ketones is 1. The number of aromatic hydroxyl groups is 1. The van der Waals surface area contributed by atoms with Crippen LogP contribution in [0.15, 0.2) is 49.8 Å². The number of carbonyl (C=O) groups excluding carboxylic acids is 1. The van der Waals surface area contributed by atoms with Gasteiger partial charge in [0, 0.05) is 21.8 Å². The third kappa shape index (κ3) is 2.59. The van der Waals surface area contributed by atoms with Crippen LogP contribution in [0.3, 0.4) is 0 Å². The number of benzene rings is 2. The molecule has 3 nitrogen and oxygen atoms in total. The lowest BCUT2D eigenvalue weighted by Gasteiger charge is -2.04. The Labute approximate surface area is 144 Å². The summed E-state index contributed by atoms with van der Waals surface area (Å²) in [5, 5.41) is 10.4. The maximum atomic E-state index is 12.9. The summed E-state index contributed by atoms with van der Waals surface area (Å²) in [5.74, 6) is 0.661. The second-order valence-corrected chi connectivity index (χ2v) is 6.66. The Bertz CT molecular complexity index is 881. The molecule has 0 aliphatic heterocycles. The van der Waals surface area contributed by atoms with Gasteiger partial charge in [-0.2, -0.15) is 0 Å². The SMILES string of the molecule is CCc1oc2cc(Br)ccc2c1C(=O)c1ccc(O)c(Br)c1. The zero-order chi connectivity index (χ0) is 15.9. The molecule has 0 fully saturated rings. The molecule has 0 aliphatic carbocycles. The molecule has 0 saturated carbocycles. The van der Waals surface area contributed by atoms with Crippen molar-refractivity contribution in [1.29, 1.82) is 0 Å². The molecular weight excluding hydrogens is 412 g/mol. The topological polar surface area (TPSA) is 50.4 Å². The van der Waals surface area contributed by atoms with Gasteiger partial charge in [-0.1, -0.05) is 22.9 Å². The summed E-state index contributed by atoms with van der Waals surface area (Å²) in [6.07, 6.45) is 0.632. The molecule has 0 amide bonds. The van der Waals surface area contributed by atoms with E-state index in [-0.39, 0.29) is 11.5 Å². The van der Waals surface area contributed by atoms with Crippen molar-refractivity contribution in [3.63, 3.8) is 0 Å². The van der Waals surface area contributed by atoms with Crippen molar-refractivity contribution in [3.8, 4) is 5.75 Å². The Balaban J connectivity index is 2.19. The molecule has 1 N–H and O–H groups in total. The van der Waals surface area contributed by atoms with E-state index in [1.165, 1.54) is 6.07 Å². The van der Waals surface area contributed by atoms with E-state index in [4.69, 9.17) is 4.42 Å². The number of hydrogen-bond donors (Lipinski definition) is 1. The molecule has 3 rings (SSSR count). The van der Waals surface area contributed by atoms with Crippen molar-refractivity contribution in [3.05, 3.63) is 62.2 Å². The number of carbonyl (C=O) groups is 1. The van der Waals surface area contributed by atoms with E-state index in [0.29, 0.717) is 33.4 Å². The minimum Gasteiger partial charge on any atom is -0.507 e. The van der Waals surface area contributed by atoms with Crippen LogP contribution < -0.4 is 0 Å². The van der Waals surface area contributed by atoms with Crippen LogP contribution in [0.1, 0.15) is 28.6 Å². The molecule has 1 heterocycles. The molecule has 0 aliphatic rings. The fourth-order valence-electron chi connectivity index (χ4n) is 2.41. The minimum atomic E-state index is -0.112. The van der Waals surface area contributed by atoms with Crippen LogP contribution in [0.2, 0.25) is 0 Å². The van der Waals surface area contributed by atoms with Crippen molar-refractivity contribution in [2.45, 2.75) is 13.3 Å². The van der Waals surface area contributed by atoms with Crippen molar-refractivity contribution in [2.24, 2.45) is 0 Å². The van der Waals surface area contributed by atoms with Crippen LogP contribution >= 0.6 is 31.9 Å². The molecule has 0 saturated heterocycles. The molecule has 0 radical (unpaired) electrons. The molecule has 0 bridgehead atoms. The normalized spacial score (nSPS) is 11.0. The number of rotatable bonds is 3. The van der Waals surface area contributed by atoms with E-state index >= 15 is 0 Å². The molecule has 1 aromatic heterocycles. The van der Waals surface area contributed by atoms with Gasteiger partial charge < -0.3 is 9.52 Å². The molecule has 0 unspecified atom stereocenters. The van der Waals surface area contributed by atoms with Gasteiger partial charge in [-0.25, -0.2) is 0 Å². The minimum absolute atomic E-state index is 0.105. The maximum absolute atomic E-state index is 12.9. The Morgan fingerprint density at radius 2 is 1.95 bits per heavy atom. The summed E-state index contributed by atoms with van der Waals surface area (Å²) in [4.78, 5) is 12.9. The second kappa shape index (κ2) is 5.89. The monoisotopic (exact) mass is 422 g/mol. The van der Waals surface area contributed by atoms with E-state index < -0.39 is 0 Å². The molecule has 0 spiro atoms. The zero-order valence-corrected chi connectivity index (χ0v) is 14.9. The molecule has 22 heavy (non-hydrogen) atoms. The first kappa shape index (κ1) is 15.3. The van der Waals surface area contributed by atoms with Gasteiger partial charge in [-0.3, -0.25) is 4.79 Å². The predicted molar refractivity (Wildman–Crippen MR) is 92.5 cm³/mol. The van der Waals surface area contributed by atoms with E-state index in [2.05, 4.69) is 31.9 Å². The Hall–Kier alpha value is -1.59. The lowest BCUT2D eigenvalue weighted by Crippen LogP contribution is -2.03. The van der Waals surface area contributed by atoms with E-state index in [1.807, 2.05) is 25.1 Å². The summed E-state index contributed by atoms with van der Waals surface area (Å²) in [5.41, 5.74) is 1.78. The van der Waals surface area contributed by atoms with E-state index in [1.54, 1.807) is 12.1 Å². The van der Waals surface area contributed by atoms with Gasteiger partial charge in [0.15, 0.2) is 5.78 Å². The fourth-order valence-corrected chi connectivity index (χ4v) is 3.13. The van der Waals surface area contributed by atoms with E-state index in [0.717, 1.165) is 9.86 Å². The van der Waals surface area contributed by atoms with Crippen LogP contribution in [-0.2, 0) is 6.42 Å². The number of hydrogen-bond acceptors (Lipinski definition) is 3. The average Bonchev–Trinajstić information content (AvgIpc) is 2.86. The van der Waals surface area contributed by atoms with Crippen molar-refractivity contribution >= 4 is 48.6 Å². The Morgan fingerprint density at radius 3 is 2.64 bits per heavy atom. The van der Waals surface area contributed by atoms with Crippen molar-refractivity contribution < 1.29 is 14.3 Å². The quantitative estimate of drug-likeness (QED) is 0.569. The molecule has 2 aromatic carbocycles. The summed E-state index contributed by atoms with van der Waals surface area (Å²) in [6, 6.07) is 10.4. The molecule has 112 valence electrons. The molecule has 0 atom stereocenters. The Kier molecular flexibility index (Phi) is 4.10. The average molecular weight is 424 g/mol. The highest BCUT2D eigenvalue weighted by molar-refractivity contribution is 9.10. The van der Waals surface area contributed by atoms with Gasteiger partial charge in [0.2, 0.25) is 0 Å². The van der Waals surface area contributed by atoms with Crippen LogP contribution in [0.5, 0.6) is 5.75 Å². The van der Waals surface area contributed by atoms with Gasteiger partial charge in [0.25, 0.3) is 0 Å². The summed E-state index contributed by atoms with van der Waals surface area (Å²) in [7, 11) is 0. The summed E-state index contributed by atoms with van der Waals surface area (Å²) < 4.78 is 7.21. The van der Waals surface area contributed by atoms with Gasteiger partial charge >= 0.3 is 0 Å². The van der Waals surface area contributed by atoms with Gasteiger partial charge in [0.1, 0.15) is 17.1 Å². The predicted octanol–water partition coefficient (Wildman–Crippen LogP) is 5.46. The molecular formula is C17H12Br2O3. The number of phenols is 1. The van der Waals surface area contributed by atoms with Crippen LogP contribution in [0.4, 0.5) is 0 Å². The third-order valence-electron chi connectivity index (χ3n) is 3.48. The number of phenolic OH excluding ortho intramolecular Hbond substituents is 1. The first-order valence-corrected chi connectivity index (χ1v) is 8.34. The smallest absolute Gasteiger partial charge is 0.197 e. The third-order valence-corrected chi connectivity index (χ3v) is 4.61. The largest absolute Gasteiger partial charge is 0.507 e. The van der Waals surface area contributed by atoms with Crippen LogP contribution in [0.25, 0.3) is 11.0 Å². The number of furan rings is 1. The van der Waals surface area contributed by atoms with Gasteiger partial charge in [-0.15, -0.1) is 0 Å². The standard InChI is InChI=1S/C17H12Br2O3/c1-2-14-16(11-5-4-10(18)8-15(11)22-14)17(21)9-3-6-13(20)12(19)7-9/h3-8,20H,2H2,1H3. The number of aryl methyl sites for hydroxylation is 1. The highest BCUT2D eigenvalue weighted by atomic mass is 79.9. The lowest BCUT2D eigenvalue weighted by molar-refractivity contribution is 0.103. The van der Waals surface area contributed by atoms with Crippen molar-refractivity contribution in [1.82, 2.24) is 0 Å².